The Morgan fingerprint density at radius 2 is 1.83 bits per heavy atom. The minimum atomic E-state index is -1.38. The van der Waals surface area contributed by atoms with Gasteiger partial charge in [-0.2, -0.15) is 0 Å². The number of hydrogen-bond acceptors (Lipinski definition) is 7. The van der Waals surface area contributed by atoms with E-state index in [2.05, 4.69) is 20.4 Å². The normalized spacial score (nSPS) is 11.0. The molecule has 160 valence electrons. The molecule has 0 unspecified atom stereocenters. The fourth-order valence-corrected chi connectivity index (χ4v) is 2.66. The number of aromatic nitrogens is 2. The van der Waals surface area contributed by atoms with Gasteiger partial charge in [0.25, 0.3) is 11.5 Å². The van der Waals surface area contributed by atoms with E-state index in [4.69, 9.17) is 0 Å². The number of aromatic hydroxyl groups is 1. The number of nitrogens with zero attached hydrogens (tertiary/aromatic N) is 2. The summed E-state index contributed by atoms with van der Waals surface area (Å²) in [6, 6.07) is 5.37. The van der Waals surface area contributed by atoms with Gasteiger partial charge in [-0.05, 0) is 31.5 Å². The van der Waals surface area contributed by atoms with Crippen LogP contribution in [0.3, 0.4) is 0 Å². The molecule has 3 N–H and O–H groups in total. The average molecular weight is 420 g/mol. The third-order valence-corrected chi connectivity index (χ3v) is 4.20. The molecule has 0 atom stereocenters. The van der Waals surface area contributed by atoms with E-state index in [1.54, 1.807) is 0 Å². The minimum absolute atomic E-state index is 0.00670. The van der Waals surface area contributed by atoms with Crippen molar-refractivity contribution in [1.29, 1.82) is 0 Å². The van der Waals surface area contributed by atoms with Crippen molar-refractivity contribution in [2.24, 2.45) is 7.05 Å². The van der Waals surface area contributed by atoms with Gasteiger partial charge in [-0.1, -0.05) is 12.1 Å². The van der Waals surface area contributed by atoms with Crippen LogP contribution in [0.25, 0.3) is 0 Å². The Balaban J connectivity index is 2.35. The van der Waals surface area contributed by atoms with Crippen LogP contribution in [-0.4, -0.2) is 39.6 Å². The van der Waals surface area contributed by atoms with Crippen LogP contribution in [-0.2, 0) is 33.5 Å². The number of halogens is 1. The zero-order valence-corrected chi connectivity index (χ0v) is 16.8. The molecular weight excluding hydrogens is 399 g/mol. The first-order valence-electron chi connectivity index (χ1n) is 8.71. The topological polar surface area (TPSA) is 140 Å². The predicted molar refractivity (Wildman–Crippen MR) is 102 cm³/mol. The highest BCUT2D eigenvalue weighted by Crippen LogP contribution is 2.20. The number of carbonyl (C=O) groups is 3. The summed E-state index contributed by atoms with van der Waals surface area (Å²) in [5.74, 6) is -4.48. The monoisotopic (exact) mass is 420 g/mol. The maximum atomic E-state index is 13.0. The van der Waals surface area contributed by atoms with Crippen LogP contribution in [0.2, 0.25) is 0 Å². The van der Waals surface area contributed by atoms with Crippen LogP contribution in [0, 0.1) is 5.82 Å². The van der Waals surface area contributed by atoms with E-state index in [9.17, 15) is 28.7 Å². The molecule has 1 aromatic heterocycles. The largest absolute Gasteiger partial charge is 0.501 e. The maximum absolute atomic E-state index is 13.0. The first-order chi connectivity index (χ1) is 14.0. The highest BCUT2D eigenvalue weighted by Gasteiger charge is 2.33. The summed E-state index contributed by atoms with van der Waals surface area (Å²) in [6.45, 7) is 2.90. The Labute approximate surface area is 170 Å². The Hall–Kier alpha value is -3.76. The van der Waals surface area contributed by atoms with Crippen molar-refractivity contribution in [2.45, 2.75) is 25.9 Å². The third-order valence-electron chi connectivity index (χ3n) is 4.20. The number of methoxy groups -OCH3 is 1. The van der Waals surface area contributed by atoms with Gasteiger partial charge in [0.2, 0.25) is 5.75 Å². The van der Waals surface area contributed by atoms with Crippen molar-refractivity contribution < 1.29 is 28.6 Å². The quantitative estimate of drug-likeness (QED) is 0.460. The lowest BCUT2D eigenvalue weighted by Gasteiger charge is -2.27. The molecule has 11 heteroatoms. The number of ether oxygens (including phenoxy) is 1. The van der Waals surface area contributed by atoms with Gasteiger partial charge in [-0.25, -0.2) is 14.2 Å². The summed E-state index contributed by atoms with van der Waals surface area (Å²) in [7, 11) is 2.32. The van der Waals surface area contributed by atoms with Gasteiger partial charge in [0.05, 0.1) is 12.6 Å². The number of carbonyl (C=O) groups excluding carboxylic acids is 3. The summed E-state index contributed by atoms with van der Waals surface area (Å²) < 4.78 is 18.3. The minimum Gasteiger partial charge on any atom is -0.501 e. The fraction of sp³-hybridized carbons (Fsp3) is 0.316. The number of rotatable bonds is 5. The Bertz CT molecular complexity index is 1050. The second-order valence-corrected chi connectivity index (χ2v) is 6.88. The van der Waals surface area contributed by atoms with Crippen molar-refractivity contribution in [3.63, 3.8) is 0 Å². The highest BCUT2D eigenvalue weighted by molar-refractivity contribution is 6.32. The summed E-state index contributed by atoms with van der Waals surface area (Å²) in [5.41, 5.74) is -2.28. The number of benzene rings is 1. The summed E-state index contributed by atoms with van der Waals surface area (Å²) in [4.78, 5) is 52.2. The molecule has 0 aliphatic heterocycles. The van der Waals surface area contributed by atoms with Crippen LogP contribution in [0.5, 0.6) is 5.75 Å². The van der Waals surface area contributed by atoms with E-state index in [-0.39, 0.29) is 12.4 Å². The molecule has 0 aliphatic rings. The molecule has 1 heterocycles. The average Bonchev–Trinajstić information content (AvgIpc) is 2.70. The first kappa shape index (κ1) is 22.5. The molecule has 1 aromatic carbocycles. The molecule has 0 bridgehead atoms. The SMILES string of the molecule is COC(=O)C(=O)NC(C)(C)c1nc(C(=O)NCc2ccc(F)cc2)c(O)c(=O)n1C. The van der Waals surface area contributed by atoms with E-state index in [1.165, 1.54) is 45.2 Å². The zero-order chi connectivity index (χ0) is 22.6. The van der Waals surface area contributed by atoms with Crippen LogP contribution < -0.4 is 16.2 Å². The smallest absolute Gasteiger partial charge is 0.396 e. The molecule has 0 aliphatic carbocycles. The third kappa shape index (κ3) is 4.80. The van der Waals surface area contributed by atoms with Crippen molar-refractivity contribution in [3.05, 3.63) is 57.5 Å². The molecule has 0 fully saturated rings. The van der Waals surface area contributed by atoms with E-state index in [1.807, 2.05) is 0 Å². The number of amides is 2. The fourth-order valence-electron chi connectivity index (χ4n) is 2.66. The Kier molecular flexibility index (Phi) is 6.55. The lowest BCUT2D eigenvalue weighted by atomic mass is 10.0. The molecule has 2 rings (SSSR count). The Morgan fingerprint density at radius 3 is 2.40 bits per heavy atom. The highest BCUT2D eigenvalue weighted by atomic mass is 19.1. The molecule has 2 aromatic rings. The number of nitrogens with one attached hydrogen (secondary N) is 2. The maximum Gasteiger partial charge on any atom is 0.396 e. The Morgan fingerprint density at radius 1 is 1.23 bits per heavy atom. The number of hydrogen-bond donors (Lipinski definition) is 3. The van der Waals surface area contributed by atoms with Crippen molar-refractivity contribution >= 4 is 17.8 Å². The standard InChI is InChI=1S/C19H21FN4O6/c1-19(2,23-15(27)17(29)30-4)18-22-12(13(25)16(28)24(18)3)14(26)21-9-10-5-7-11(20)8-6-10/h5-8,25H,9H2,1-4H3,(H,21,26)(H,23,27). The van der Waals surface area contributed by atoms with Gasteiger partial charge in [0.1, 0.15) is 11.6 Å². The molecule has 30 heavy (non-hydrogen) atoms. The van der Waals surface area contributed by atoms with Crippen molar-refractivity contribution in [2.75, 3.05) is 7.11 Å². The van der Waals surface area contributed by atoms with Crippen LogP contribution >= 0.6 is 0 Å². The van der Waals surface area contributed by atoms with Gasteiger partial charge in [-0.15, -0.1) is 0 Å². The molecule has 0 saturated heterocycles. The summed E-state index contributed by atoms with van der Waals surface area (Å²) in [5, 5.41) is 14.9. The molecule has 2 amide bonds. The van der Waals surface area contributed by atoms with Crippen LogP contribution in [0.1, 0.15) is 35.7 Å². The van der Waals surface area contributed by atoms with Crippen LogP contribution in [0.15, 0.2) is 29.1 Å². The van der Waals surface area contributed by atoms with Gasteiger partial charge in [-0.3, -0.25) is 19.0 Å². The van der Waals surface area contributed by atoms with E-state index < -0.39 is 46.1 Å². The van der Waals surface area contributed by atoms with Gasteiger partial charge in [0.15, 0.2) is 5.69 Å². The molecule has 0 saturated carbocycles. The second kappa shape index (κ2) is 8.72. The molecule has 0 spiro atoms. The predicted octanol–water partition coefficient (Wildman–Crippen LogP) is 0.0793. The second-order valence-electron chi connectivity index (χ2n) is 6.88. The summed E-state index contributed by atoms with van der Waals surface area (Å²) >= 11 is 0. The molecular formula is C19H21FN4O6. The molecule has 0 radical (unpaired) electrons. The lowest BCUT2D eigenvalue weighted by molar-refractivity contribution is -0.153. The van der Waals surface area contributed by atoms with E-state index in [0.717, 1.165) is 11.7 Å². The number of esters is 1. The lowest BCUT2D eigenvalue weighted by Crippen LogP contribution is -2.48. The van der Waals surface area contributed by atoms with Crippen molar-refractivity contribution in [1.82, 2.24) is 20.2 Å². The van der Waals surface area contributed by atoms with E-state index >= 15 is 0 Å². The zero-order valence-electron chi connectivity index (χ0n) is 16.8. The van der Waals surface area contributed by atoms with Crippen molar-refractivity contribution in [3.8, 4) is 5.75 Å². The van der Waals surface area contributed by atoms with E-state index in [0.29, 0.717) is 5.56 Å². The van der Waals surface area contributed by atoms with Gasteiger partial charge >= 0.3 is 11.9 Å². The first-order valence-corrected chi connectivity index (χ1v) is 8.71. The van der Waals surface area contributed by atoms with Gasteiger partial charge in [0, 0.05) is 13.6 Å². The molecule has 10 nitrogen and oxygen atoms in total. The van der Waals surface area contributed by atoms with Crippen LogP contribution in [0.4, 0.5) is 4.39 Å². The van der Waals surface area contributed by atoms with Gasteiger partial charge < -0.3 is 20.5 Å². The summed E-state index contributed by atoms with van der Waals surface area (Å²) in [6.07, 6.45) is 0.